The van der Waals surface area contributed by atoms with E-state index in [1.165, 1.54) is 4.90 Å². The minimum absolute atomic E-state index is 0.0878. The number of carbonyl (C=O) groups excluding carboxylic acids is 4. The van der Waals surface area contributed by atoms with Crippen LogP contribution >= 0.6 is 0 Å². The Labute approximate surface area is 202 Å². The second-order valence-corrected chi connectivity index (χ2v) is 8.75. The molecular formula is C28H24N2O5. The molecule has 2 atom stereocenters. The first-order valence-electron chi connectivity index (χ1n) is 11.5. The fourth-order valence-corrected chi connectivity index (χ4v) is 4.66. The molecule has 5 rings (SSSR count). The van der Waals surface area contributed by atoms with Crippen LogP contribution in [0.1, 0.15) is 44.3 Å². The molecule has 2 aliphatic rings. The molecule has 35 heavy (non-hydrogen) atoms. The topological polar surface area (TPSA) is 84.0 Å². The van der Waals surface area contributed by atoms with Gasteiger partial charge in [-0.15, -0.1) is 0 Å². The van der Waals surface area contributed by atoms with E-state index in [4.69, 9.17) is 4.74 Å². The number of nitrogens with zero attached hydrogens (tertiary/aromatic N) is 2. The third kappa shape index (κ3) is 4.10. The highest BCUT2D eigenvalue weighted by atomic mass is 16.5. The number of esters is 1. The fraction of sp³-hybridized carbons (Fsp3) is 0.214. The number of hydrogen-bond acceptors (Lipinski definition) is 5. The van der Waals surface area contributed by atoms with Crippen LogP contribution in [0.4, 0.5) is 0 Å². The van der Waals surface area contributed by atoms with Crippen LogP contribution < -0.4 is 0 Å². The lowest BCUT2D eigenvalue weighted by molar-refractivity contribution is -0.157. The van der Waals surface area contributed by atoms with E-state index < -0.39 is 35.8 Å². The summed E-state index contributed by atoms with van der Waals surface area (Å²) in [6.07, 6.45) is 0.183. The second kappa shape index (κ2) is 9.18. The Morgan fingerprint density at radius 3 is 2.09 bits per heavy atom. The van der Waals surface area contributed by atoms with Crippen LogP contribution in [0.25, 0.3) is 0 Å². The Bertz CT molecular complexity index is 1280. The Balaban J connectivity index is 1.45. The number of carbonyl (C=O) groups is 4. The molecule has 0 saturated carbocycles. The average molecular weight is 469 g/mol. The standard InChI is InChI=1S/C28H24N2O5/c1-18(28(34)35-17-19-9-3-2-4-10-19)29-16-21-12-6-5-11-20(21)15-24(27(29)33)30-25(31)22-13-7-8-14-23(22)26(30)32/h2-14,18,24H,15-17H2,1H3/t18-,24+/m1/s1. The first kappa shape index (κ1) is 22.5. The van der Waals surface area contributed by atoms with Gasteiger partial charge in [-0.25, -0.2) is 4.79 Å². The number of amides is 3. The van der Waals surface area contributed by atoms with Crippen molar-refractivity contribution < 1.29 is 23.9 Å². The van der Waals surface area contributed by atoms with Crippen molar-refractivity contribution >= 4 is 23.7 Å². The van der Waals surface area contributed by atoms with E-state index in [2.05, 4.69) is 0 Å². The molecule has 0 aromatic heterocycles. The molecule has 2 aliphatic heterocycles. The zero-order valence-corrected chi connectivity index (χ0v) is 19.2. The summed E-state index contributed by atoms with van der Waals surface area (Å²) >= 11 is 0. The minimum atomic E-state index is -1.06. The van der Waals surface area contributed by atoms with Gasteiger partial charge in [0.15, 0.2) is 0 Å². The molecule has 0 bridgehead atoms. The summed E-state index contributed by atoms with van der Waals surface area (Å²) in [5, 5.41) is 0. The van der Waals surface area contributed by atoms with E-state index in [1.54, 1.807) is 31.2 Å². The molecule has 0 unspecified atom stereocenters. The van der Waals surface area contributed by atoms with Crippen LogP contribution in [0.2, 0.25) is 0 Å². The van der Waals surface area contributed by atoms with E-state index >= 15 is 0 Å². The molecule has 7 nitrogen and oxygen atoms in total. The Kier molecular flexibility index (Phi) is 5.91. The molecule has 0 saturated heterocycles. The fourth-order valence-electron chi connectivity index (χ4n) is 4.66. The maximum absolute atomic E-state index is 13.8. The molecule has 0 radical (unpaired) electrons. The minimum Gasteiger partial charge on any atom is -0.459 e. The molecule has 0 fully saturated rings. The van der Waals surface area contributed by atoms with Gasteiger partial charge in [-0.2, -0.15) is 0 Å². The van der Waals surface area contributed by atoms with Gasteiger partial charge in [-0.05, 0) is 35.7 Å². The zero-order valence-electron chi connectivity index (χ0n) is 19.2. The molecule has 2 heterocycles. The summed E-state index contributed by atoms with van der Waals surface area (Å²) in [7, 11) is 0. The van der Waals surface area contributed by atoms with Crippen molar-refractivity contribution in [3.63, 3.8) is 0 Å². The van der Waals surface area contributed by atoms with Crippen molar-refractivity contribution in [3.05, 3.63) is 107 Å². The smallest absolute Gasteiger partial charge is 0.328 e. The van der Waals surface area contributed by atoms with Crippen molar-refractivity contribution in [2.75, 3.05) is 0 Å². The number of fused-ring (bicyclic) bond motifs is 2. The van der Waals surface area contributed by atoms with Crippen LogP contribution in [0.3, 0.4) is 0 Å². The second-order valence-electron chi connectivity index (χ2n) is 8.75. The van der Waals surface area contributed by atoms with E-state index in [9.17, 15) is 19.2 Å². The molecule has 7 heteroatoms. The number of rotatable bonds is 5. The molecule has 3 aromatic rings. The van der Waals surface area contributed by atoms with Crippen molar-refractivity contribution in [1.29, 1.82) is 0 Å². The summed E-state index contributed by atoms with van der Waals surface area (Å²) in [6.45, 7) is 1.87. The van der Waals surface area contributed by atoms with Gasteiger partial charge in [-0.3, -0.25) is 19.3 Å². The van der Waals surface area contributed by atoms with Crippen LogP contribution in [0, 0.1) is 0 Å². The first-order chi connectivity index (χ1) is 17.0. The quantitative estimate of drug-likeness (QED) is 0.424. The maximum atomic E-state index is 13.8. The van der Waals surface area contributed by atoms with Crippen molar-refractivity contribution in [1.82, 2.24) is 9.80 Å². The van der Waals surface area contributed by atoms with E-state index in [0.29, 0.717) is 0 Å². The highest BCUT2D eigenvalue weighted by Crippen LogP contribution is 2.30. The molecule has 0 N–H and O–H groups in total. The lowest BCUT2D eigenvalue weighted by atomic mass is 10.0. The van der Waals surface area contributed by atoms with Gasteiger partial charge in [0.05, 0.1) is 11.1 Å². The first-order valence-corrected chi connectivity index (χ1v) is 11.5. The highest BCUT2D eigenvalue weighted by Gasteiger charge is 2.46. The molecule has 3 amide bonds. The van der Waals surface area contributed by atoms with Gasteiger partial charge >= 0.3 is 5.97 Å². The summed E-state index contributed by atoms with van der Waals surface area (Å²) in [4.78, 5) is 55.6. The van der Waals surface area contributed by atoms with Crippen LogP contribution in [-0.2, 0) is 33.9 Å². The number of hydrogen-bond donors (Lipinski definition) is 0. The van der Waals surface area contributed by atoms with Gasteiger partial charge in [0, 0.05) is 13.0 Å². The Morgan fingerprint density at radius 2 is 1.43 bits per heavy atom. The third-order valence-electron chi connectivity index (χ3n) is 6.61. The SMILES string of the molecule is C[C@H](C(=O)OCc1ccccc1)N1Cc2ccccc2C[C@H](N2C(=O)c3ccccc3C2=O)C1=O. The normalized spacial score (nSPS) is 18.1. The molecule has 0 aliphatic carbocycles. The van der Waals surface area contributed by atoms with Crippen molar-refractivity contribution in [2.45, 2.75) is 38.6 Å². The molecule has 3 aromatic carbocycles. The number of ether oxygens (including phenoxy) is 1. The monoisotopic (exact) mass is 468 g/mol. The van der Waals surface area contributed by atoms with E-state index in [-0.39, 0.29) is 30.7 Å². The van der Waals surface area contributed by atoms with Gasteiger partial charge in [0.25, 0.3) is 11.8 Å². The van der Waals surface area contributed by atoms with Crippen LogP contribution in [0.15, 0.2) is 78.9 Å². The Morgan fingerprint density at radius 1 is 0.857 bits per heavy atom. The predicted molar refractivity (Wildman–Crippen MR) is 127 cm³/mol. The summed E-state index contributed by atoms with van der Waals surface area (Å²) < 4.78 is 5.49. The highest BCUT2D eigenvalue weighted by molar-refractivity contribution is 6.23. The van der Waals surface area contributed by atoms with Crippen molar-refractivity contribution in [3.8, 4) is 0 Å². The lowest BCUT2D eigenvalue weighted by Crippen LogP contribution is -2.54. The summed E-state index contributed by atoms with van der Waals surface area (Å²) in [5.74, 6) is -2.01. The maximum Gasteiger partial charge on any atom is 0.328 e. The number of imide groups is 1. The van der Waals surface area contributed by atoms with Gasteiger partial charge in [0.2, 0.25) is 5.91 Å². The summed E-state index contributed by atoms with van der Waals surface area (Å²) in [5.41, 5.74) is 3.12. The number of benzene rings is 3. The predicted octanol–water partition coefficient (Wildman–Crippen LogP) is 3.37. The largest absolute Gasteiger partial charge is 0.459 e. The third-order valence-corrected chi connectivity index (χ3v) is 6.61. The van der Waals surface area contributed by atoms with Crippen LogP contribution in [-0.4, -0.2) is 45.6 Å². The van der Waals surface area contributed by atoms with Crippen molar-refractivity contribution in [2.24, 2.45) is 0 Å². The molecule has 176 valence electrons. The van der Waals surface area contributed by atoms with Gasteiger partial charge < -0.3 is 9.64 Å². The van der Waals surface area contributed by atoms with Gasteiger partial charge in [0.1, 0.15) is 18.7 Å². The van der Waals surface area contributed by atoms with Gasteiger partial charge in [-0.1, -0.05) is 66.7 Å². The average Bonchev–Trinajstić information content (AvgIpc) is 3.04. The molecule has 0 spiro atoms. The van der Waals surface area contributed by atoms with E-state index in [0.717, 1.165) is 21.6 Å². The van der Waals surface area contributed by atoms with E-state index in [1.807, 2.05) is 54.6 Å². The molecular weight excluding hydrogens is 444 g/mol. The Hall–Kier alpha value is -4.26. The lowest BCUT2D eigenvalue weighted by Gasteiger charge is -2.32. The van der Waals surface area contributed by atoms with Crippen LogP contribution in [0.5, 0.6) is 0 Å². The zero-order chi connectivity index (χ0) is 24.5. The summed E-state index contributed by atoms with van der Waals surface area (Å²) in [6, 6.07) is 21.4.